The maximum absolute atomic E-state index is 14.0. The molecule has 8 heteroatoms. The van der Waals surface area contributed by atoms with Crippen molar-refractivity contribution < 1.29 is 28.2 Å². The molecular weight excluding hydrogens is 322 g/mol. The van der Waals surface area contributed by atoms with Gasteiger partial charge in [0.2, 0.25) is 0 Å². The third-order valence-electron chi connectivity index (χ3n) is 3.14. The number of halogens is 2. The SMILES string of the molecule is COc1ccc(C(=O)NCCC(=O)O)nc1-c1cccc(F)c1F. The molecular formula is C16H14F2N2O4. The average Bonchev–Trinajstić information content (AvgIpc) is 2.56. The molecule has 1 aromatic carbocycles. The van der Waals surface area contributed by atoms with E-state index in [0.717, 1.165) is 6.07 Å². The smallest absolute Gasteiger partial charge is 0.305 e. The highest BCUT2D eigenvalue weighted by Gasteiger charge is 2.18. The van der Waals surface area contributed by atoms with E-state index >= 15 is 0 Å². The zero-order valence-corrected chi connectivity index (χ0v) is 12.7. The minimum atomic E-state index is -1.10. The summed E-state index contributed by atoms with van der Waals surface area (Å²) < 4.78 is 32.5. The molecule has 0 unspecified atom stereocenters. The zero-order valence-electron chi connectivity index (χ0n) is 12.7. The molecule has 1 amide bonds. The van der Waals surface area contributed by atoms with Gasteiger partial charge in [-0.3, -0.25) is 9.59 Å². The van der Waals surface area contributed by atoms with E-state index in [2.05, 4.69) is 10.3 Å². The highest BCUT2D eigenvalue weighted by molar-refractivity contribution is 5.93. The predicted molar refractivity (Wildman–Crippen MR) is 80.7 cm³/mol. The maximum Gasteiger partial charge on any atom is 0.305 e. The molecule has 0 atom stereocenters. The molecule has 0 fully saturated rings. The van der Waals surface area contributed by atoms with Crippen LogP contribution in [-0.4, -0.2) is 35.6 Å². The van der Waals surface area contributed by atoms with Gasteiger partial charge in [0.25, 0.3) is 5.91 Å². The van der Waals surface area contributed by atoms with Gasteiger partial charge in [-0.2, -0.15) is 0 Å². The number of rotatable bonds is 6. The first-order valence-electron chi connectivity index (χ1n) is 6.93. The molecule has 0 saturated heterocycles. The number of carboxylic acid groups (broad SMARTS) is 1. The van der Waals surface area contributed by atoms with Crippen LogP contribution in [0.1, 0.15) is 16.9 Å². The molecule has 1 heterocycles. The molecule has 1 aromatic heterocycles. The van der Waals surface area contributed by atoms with Crippen molar-refractivity contribution in [2.24, 2.45) is 0 Å². The predicted octanol–water partition coefficient (Wildman–Crippen LogP) is 2.24. The van der Waals surface area contributed by atoms with Gasteiger partial charge in [0.05, 0.1) is 13.5 Å². The Morgan fingerprint density at radius 3 is 2.67 bits per heavy atom. The number of nitrogens with zero attached hydrogens (tertiary/aromatic N) is 1. The number of methoxy groups -OCH3 is 1. The minimum absolute atomic E-state index is 0.0274. The van der Waals surface area contributed by atoms with Crippen LogP contribution >= 0.6 is 0 Å². The summed E-state index contributed by atoms with van der Waals surface area (Å²) in [5.41, 5.74) is -0.243. The van der Waals surface area contributed by atoms with Crippen LogP contribution < -0.4 is 10.1 Å². The molecule has 6 nitrogen and oxygen atoms in total. The van der Waals surface area contributed by atoms with Gasteiger partial charge in [0.1, 0.15) is 17.1 Å². The number of hydrogen-bond acceptors (Lipinski definition) is 4. The second-order valence-electron chi connectivity index (χ2n) is 4.75. The number of benzene rings is 1. The van der Waals surface area contributed by atoms with Crippen molar-refractivity contribution in [2.45, 2.75) is 6.42 Å². The topological polar surface area (TPSA) is 88.5 Å². The van der Waals surface area contributed by atoms with Gasteiger partial charge in [-0.15, -0.1) is 0 Å². The fourth-order valence-corrected chi connectivity index (χ4v) is 1.99. The van der Waals surface area contributed by atoms with Crippen molar-refractivity contribution in [2.75, 3.05) is 13.7 Å². The lowest BCUT2D eigenvalue weighted by Crippen LogP contribution is -2.26. The quantitative estimate of drug-likeness (QED) is 0.844. The molecule has 2 rings (SSSR count). The summed E-state index contributed by atoms with van der Waals surface area (Å²) in [5, 5.41) is 10.9. The Morgan fingerprint density at radius 2 is 2.00 bits per heavy atom. The first-order valence-corrected chi connectivity index (χ1v) is 6.93. The standard InChI is InChI=1S/C16H14F2N2O4/c1-24-12-6-5-11(16(23)19-8-7-13(21)22)20-15(12)9-3-2-4-10(17)14(9)18/h2-6H,7-8H2,1H3,(H,19,23)(H,21,22). The lowest BCUT2D eigenvalue weighted by atomic mass is 10.1. The van der Waals surface area contributed by atoms with Crippen molar-refractivity contribution in [1.29, 1.82) is 0 Å². The maximum atomic E-state index is 14.0. The monoisotopic (exact) mass is 336 g/mol. The van der Waals surface area contributed by atoms with Crippen molar-refractivity contribution in [3.63, 3.8) is 0 Å². The molecule has 2 aromatic rings. The number of nitrogens with one attached hydrogen (secondary N) is 1. The number of carbonyl (C=O) groups is 2. The van der Waals surface area contributed by atoms with E-state index in [-0.39, 0.29) is 35.7 Å². The number of amides is 1. The summed E-state index contributed by atoms with van der Waals surface area (Å²) in [6.07, 6.45) is -0.243. The Morgan fingerprint density at radius 1 is 1.25 bits per heavy atom. The average molecular weight is 336 g/mol. The molecule has 0 spiro atoms. The molecule has 0 radical (unpaired) electrons. The van der Waals surface area contributed by atoms with Crippen LogP contribution in [0.4, 0.5) is 8.78 Å². The van der Waals surface area contributed by atoms with Crippen molar-refractivity contribution >= 4 is 11.9 Å². The van der Waals surface area contributed by atoms with Crippen LogP contribution in [-0.2, 0) is 4.79 Å². The van der Waals surface area contributed by atoms with E-state index in [4.69, 9.17) is 9.84 Å². The molecule has 126 valence electrons. The highest BCUT2D eigenvalue weighted by Crippen LogP contribution is 2.31. The number of carboxylic acids is 1. The normalized spacial score (nSPS) is 10.3. The molecule has 0 aliphatic carbocycles. The van der Waals surface area contributed by atoms with E-state index < -0.39 is 23.5 Å². The van der Waals surface area contributed by atoms with E-state index in [1.807, 2.05) is 0 Å². The van der Waals surface area contributed by atoms with Gasteiger partial charge in [-0.1, -0.05) is 6.07 Å². The summed E-state index contributed by atoms with van der Waals surface area (Å²) in [7, 11) is 1.34. The minimum Gasteiger partial charge on any atom is -0.494 e. The number of ether oxygens (including phenoxy) is 1. The van der Waals surface area contributed by atoms with E-state index in [1.54, 1.807) is 0 Å². The van der Waals surface area contributed by atoms with Crippen LogP contribution in [0, 0.1) is 11.6 Å². The summed E-state index contributed by atoms with van der Waals surface area (Å²) in [6, 6.07) is 6.34. The van der Waals surface area contributed by atoms with Gasteiger partial charge in [-0.05, 0) is 24.3 Å². The Labute approximate surface area is 136 Å². The first-order chi connectivity index (χ1) is 11.4. The van der Waals surface area contributed by atoms with Crippen molar-refractivity contribution in [3.8, 4) is 17.0 Å². The largest absolute Gasteiger partial charge is 0.494 e. The number of hydrogen-bond donors (Lipinski definition) is 2. The Kier molecular flexibility index (Phi) is 5.41. The van der Waals surface area contributed by atoms with E-state index in [9.17, 15) is 18.4 Å². The Balaban J connectivity index is 2.36. The number of aromatic nitrogens is 1. The van der Waals surface area contributed by atoms with Crippen LogP contribution in [0.2, 0.25) is 0 Å². The fraction of sp³-hybridized carbons (Fsp3) is 0.188. The number of pyridine rings is 1. The van der Waals surface area contributed by atoms with E-state index in [0.29, 0.717) is 0 Å². The molecule has 0 bridgehead atoms. The van der Waals surface area contributed by atoms with Crippen molar-refractivity contribution in [1.82, 2.24) is 10.3 Å². The van der Waals surface area contributed by atoms with Gasteiger partial charge in [0.15, 0.2) is 11.6 Å². The number of aliphatic carboxylic acids is 1. The first kappa shape index (κ1) is 17.3. The third kappa shape index (κ3) is 3.83. The Hall–Kier alpha value is -3.03. The van der Waals surface area contributed by atoms with E-state index in [1.165, 1.54) is 31.4 Å². The van der Waals surface area contributed by atoms with Crippen LogP contribution in [0.3, 0.4) is 0 Å². The van der Waals surface area contributed by atoms with Gasteiger partial charge >= 0.3 is 5.97 Å². The zero-order chi connectivity index (χ0) is 17.7. The highest BCUT2D eigenvalue weighted by atomic mass is 19.2. The lowest BCUT2D eigenvalue weighted by Gasteiger charge is -2.11. The summed E-state index contributed by atoms with van der Waals surface area (Å²) in [5.74, 6) is -3.67. The van der Waals surface area contributed by atoms with Crippen molar-refractivity contribution in [3.05, 3.63) is 47.7 Å². The molecule has 0 saturated carbocycles. The van der Waals surface area contributed by atoms with Crippen LogP contribution in [0.5, 0.6) is 5.75 Å². The summed E-state index contributed by atoms with van der Waals surface area (Å²) in [4.78, 5) is 26.5. The second-order valence-corrected chi connectivity index (χ2v) is 4.75. The van der Waals surface area contributed by atoms with Gasteiger partial charge < -0.3 is 15.2 Å². The summed E-state index contributed by atoms with van der Waals surface area (Å²) >= 11 is 0. The van der Waals surface area contributed by atoms with Crippen LogP contribution in [0.15, 0.2) is 30.3 Å². The lowest BCUT2D eigenvalue weighted by molar-refractivity contribution is -0.136. The fourth-order valence-electron chi connectivity index (χ4n) is 1.99. The van der Waals surface area contributed by atoms with Gasteiger partial charge in [-0.25, -0.2) is 13.8 Å². The van der Waals surface area contributed by atoms with Crippen LogP contribution in [0.25, 0.3) is 11.3 Å². The summed E-state index contributed by atoms with van der Waals surface area (Å²) in [6.45, 7) is -0.0778. The molecule has 0 aliphatic rings. The second kappa shape index (κ2) is 7.49. The Bertz CT molecular complexity index is 781. The molecule has 24 heavy (non-hydrogen) atoms. The third-order valence-corrected chi connectivity index (χ3v) is 3.14. The molecule has 2 N–H and O–H groups in total. The van der Waals surface area contributed by atoms with Gasteiger partial charge in [0, 0.05) is 12.1 Å². The molecule has 0 aliphatic heterocycles. The number of carbonyl (C=O) groups excluding carboxylic acids is 1.